The van der Waals surface area contributed by atoms with Gasteiger partial charge in [0.05, 0.1) is 5.00 Å². The van der Waals surface area contributed by atoms with Gasteiger partial charge in [-0.2, -0.15) is 0 Å². The zero-order valence-electron chi connectivity index (χ0n) is 4.78. The molecule has 1 rings (SSSR count). The molecule has 1 fully saturated rings. The molecule has 0 spiro atoms. The first-order valence-electron chi connectivity index (χ1n) is 2.89. The van der Waals surface area contributed by atoms with Gasteiger partial charge < -0.3 is 11.1 Å². The van der Waals surface area contributed by atoms with E-state index >= 15 is 0 Å². The highest BCUT2D eigenvalue weighted by Gasteiger charge is 2.23. The Morgan fingerprint density at radius 3 is 2.12 bits per heavy atom. The highest BCUT2D eigenvalue weighted by molar-refractivity contribution is 6.23. The van der Waals surface area contributed by atoms with Gasteiger partial charge >= 0.3 is 0 Å². The van der Waals surface area contributed by atoms with Crippen molar-refractivity contribution in [3.05, 3.63) is 0 Å². The number of nitrogens with two attached hydrogens (primary N) is 1. The molecule has 0 aliphatic carbocycles. The standard InChI is InChI=1S/C5H11ClN2/c6-5(7)1-3-8-4-2-5/h8H,1-4,7H2. The van der Waals surface area contributed by atoms with Crippen LogP contribution in [-0.4, -0.2) is 18.1 Å². The summed E-state index contributed by atoms with van der Waals surface area (Å²) in [5, 5.41) is 3.18. The van der Waals surface area contributed by atoms with Gasteiger partial charge in [-0.15, -0.1) is 11.6 Å². The Morgan fingerprint density at radius 2 is 1.88 bits per heavy atom. The summed E-state index contributed by atoms with van der Waals surface area (Å²) in [4.78, 5) is -0.411. The SMILES string of the molecule is NC1(Cl)CCNCC1. The average Bonchev–Trinajstić information content (AvgIpc) is 1.65. The summed E-state index contributed by atoms with van der Waals surface area (Å²) in [5.41, 5.74) is 5.60. The molecular weight excluding hydrogens is 124 g/mol. The summed E-state index contributed by atoms with van der Waals surface area (Å²) in [6, 6.07) is 0. The summed E-state index contributed by atoms with van der Waals surface area (Å²) < 4.78 is 0. The average molecular weight is 135 g/mol. The van der Waals surface area contributed by atoms with Crippen molar-refractivity contribution in [2.45, 2.75) is 17.8 Å². The van der Waals surface area contributed by atoms with E-state index in [9.17, 15) is 0 Å². The lowest BCUT2D eigenvalue weighted by Crippen LogP contribution is -2.44. The maximum atomic E-state index is 5.81. The molecule has 48 valence electrons. The van der Waals surface area contributed by atoms with Crippen LogP contribution in [0.25, 0.3) is 0 Å². The predicted molar refractivity (Wildman–Crippen MR) is 34.9 cm³/mol. The van der Waals surface area contributed by atoms with Gasteiger partial charge in [-0.25, -0.2) is 0 Å². The van der Waals surface area contributed by atoms with Crippen molar-refractivity contribution in [2.24, 2.45) is 5.73 Å². The highest BCUT2D eigenvalue weighted by atomic mass is 35.5. The van der Waals surface area contributed by atoms with Gasteiger partial charge in [0.2, 0.25) is 0 Å². The molecule has 3 N–H and O–H groups in total. The van der Waals surface area contributed by atoms with Crippen molar-refractivity contribution in [1.82, 2.24) is 5.32 Å². The number of halogens is 1. The number of alkyl halides is 1. The Labute approximate surface area is 54.4 Å². The molecule has 0 saturated carbocycles. The summed E-state index contributed by atoms with van der Waals surface area (Å²) >= 11 is 5.81. The molecule has 2 nitrogen and oxygen atoms in total. The number of hydrogen-bond acceptors (Lipinski definition) is 2. The third-order valence-corrected chi connectivity index (χ3v) is 1.81. The number of nitrogens with one attached hydrogen (secondary N) is 1. The first kappa shape index (κ1) is 6.33. The van der Waals surface area contributed by atoms with Crippen molar-refractivity contribution >= 4 is 11.6 Å². The van der Waals surface area contributed by atoms with Crippen molar-refractivity contribution in [2.75, 3.05) is 13.1 Å². The van der Waals surface area contributed by atoms with Gasteiger partial charge in [-0.1, -0.05) is 0 Å². The monoisotopic (exact) mass is 134 g/mol. The van der Waals surface area contributed by atoms with Crippen LogP contribution in [-0.2, 0) is 0 Å². The van der Waals surface area contributed by atoms with Crippen LogP contribution >= 0.6 is 11.6 Å². The molecule has 0 atom stereocenters. The van der Waals surface area contributed by atoms with Gasteiger partial charge in [0, 0.05) is 0 Å². The van der Waals surface area contributed by atoms with Crippen molar-refractivity contribution in [3.63, 3.8) is 0 Å². The van der Waals surface area contributed by atoms with Gasteiger partial charge in [-0.3, -0.25) is 0 Å². The lowest BCUT2D eigenvalue weighted by Gasteiger charge is -2.26. The number of hydrogen-bond donors (Lipinski definition) is 2. The van der Waals surface area contributed by atoms with Crippen LogP contribution in [0.15, 0.2) is 0 Å². The Kier molecular flexibility index (Phi) is 1.75. The molecule has 1 aliphatic heterocycles. The van der Waals surface area contributed by atoms with Gasteiger partial charge in [0.25, 0.3) is 0 Å². The molecular formula is C5H11ClN2. The van der Waals surface area contributed by atoms with E-state index in [1.54, 1.807) is 0 Å². The van der Waals surface area contributed by atoms with Crippen LogP contribution in [0.1, 0.15) is 12.8 Å². The second-order valence-electron chi connectivity index (χ2n) is 2.28. The minimum atomic E-state index is -0.411. The van der Waals surface area contributed by atoms with Gasteiger partial charge in [0.1, 0.15) is 0 Å². The zero-order chi connectivity index (χ0) is 6.04. The molecule has 1 saturated heterocycles. The normalized spacial score (nSPS) is 27.8. The molecule has 0 radical (unpaired) electrons. The van der Waals surface area contributed by atoms with Crippen molar-refractivity contribution in [3.8, 4) is 0 Å². The Bertz CT molecular complexity index is 74.5. The summed E-state index contributed by atoms with van der Waals surface area (Å²) in [7, 11) is 0. The van der Waals surface area contributed by atoms with E-state index in [2.05, 4.69) is 5.32 Å². The molecule has 0 amide bonds. The summed E-state index contributed by atoms with van der Waals surface area (Å²) in [6.45, 7) is 1.92. The fourth-order valence-corrected chi connectivity index (χ4v) is 1.03. The molecule has 0 aromatic rings. The minimum Gasteiger partial charge on any atom is -0.317 e. The maximum absolute atomic E-state index is 5.81. The largest absolute Gasteiger partial charge is 0.317 e. The smallest absolute Gasteiger partial charge is 0.0935 e. The molecule has 0 aromatic carbocycles. The van der Waals surface area contributed by atoms with Crippen LogP contribution in [0.5, 0.6) is 0 Å². The van der Waals surface area contributed by atoms with Crippen molar-refractivity contribution in [1.29, 1.82) is 0 Å². The van der Waals surface area contributed by atoms with Gasteiger partial charge in [0.15, 0.2) is 0 Å². The highest BCUT2D eigenvalue weighted by Crippen LogP contribution is 2.18. The van der Waals surface area contributed by atoms with E-state index in [1.807, 2.05) is 0 Å². The molecule has 0 aromatic heterocycles. The molecule has 1 aliphatic rings. The predicted octanol–water partition coefficient (Wildman–Crippen LogP) is 0.264. The van der Waals surface area contributed by atoms with E-state index in [0.717, 1.165) is 25.9 Å². The topological polar surface area (TPSA) is 38.0 Å². The first-order valence-corrected chi connectivity index (χ1v) is 3.27. The van der Waals surface area contributed by atoms with Gasteiger partial charge in [-0.05, 0) is 25.9 Å². The van der Waals surface area contributed by atoms with E-state index in [0.29, 0.717) is 0 Å². The molecule has 0 unspecified atom stereocenters. The van der Waals surface area contributed by atoms with E-state index in [-0.39, 0.29) is 0 Å². The van der Waals surface area contributed by atoms with E-state index in [4.69, 9.17) is 17.3 Å². The molecule has 3 heteroatoms. The van der Waals surface area contributed by atoms with Crippen LogP contribution in [0.3, 0.4) is 0 Å². The molecule has 1 heterocycles. The summed E-state index contributed by atoms with van der Waals surface area (Å²) in [5.74, 6) is 0. The molecule has 8 heavy (non-hydrogen) atoms. The lowest BCUT2D eigenvalue weighted by molar-refractivity contribution is 0.416. The van der Waals surface area contributed by atoms with Crippen molar-refractivity contribution < 1.29 is 0 Å². The third-order valence-electron chi connectivity index (χ3n) is 1.43. The Morgan fingerprint density at radius 1 is 1.38 bits per heavy atom. The fraction of sp³-hybridized carbons (Fsp3) is 1.00. The lowest BCUT2D eigenvalue weighted by atomic mass is 10.1. The number of rotatable bonds is 0. The summed E-state index contributed by atoms with van der Waals surface area (Å²) in [6.07, 6.45) is 1.77. The minimum absolute atomic E-state index is 0.411. The first-order chi connectivity index (χ1) is 3.71. The maximum Gasteiger partial charge on any atom is 0.0935 e. The Hall–Kier alpha value is 0.210. The van der Waals surface area contributed by atoms with Crippen LogP contribution in [0.4, 0.5) is 0 Å². The fourth-order valence-electron chi connectivity index (χ4n) is 0.842. The van der Waals surface area contributed by atoms with E-state index in [1.165, 1.54) is 0 Å². The second kappa shape index (κ2) is 2.21. The Balaban J connectivity index is 2.33. The molecule has 0 bridgehead atoms. The number of piperidine rings is 1. The third kappa shape index (κ3) is 1.62. The van der Waals surface area contributed by atoms with Crippen LogP contribution in [0.2, 0.25) is 0 Å². The van der Waals surface area contributed by atoms with Crippen LogP contribution in [0, 0.1) is 0 Å². The zero-order valence-corrected chi connectivity index (χ0v) is 5.54. The second-order valence-corrected chi connectivity index (χ2v) is 3.04. The van der Waals surface area contributed by atoms with Crippen LogP contribution < -0.4 is 11.1 Å². The van der Waals surface area contributed by atoms with E-state index < -0.39 is 5.00 Å². The quantitative estimate of drug-likeness (QED) is 0.369.